The second kappa shape index (κ2) is 8.55. The van der Waals surface area contributed by atoms with Gasteiger partial charge in [0.15, 0.2) is 0 Å². The first-order chi connectivity index (χ1) is 11.0. The van der Waals surface area contributed by atoms with E-state index in [9.17, 15) is 9.59 Å². The molecule has 0 aromatic heterocycles. The molecule has 1 N–H and O–H groups in total. The second-order valence-corrected chi connectivity index (χ2v) is 7.45. The number of nitrogens with one attached hydrogen (secondary N) is 1. The Labute approximate surface area is 140 Å². The van der Waals surface area contributed by atoms with Crippen LogP contribution in [0.15, 0.2) is 0 Å². The van der Waals surface area contributed by atoms with Crippen molar-refractivity contribution in [1.29, 1.82) is 0 Å². The molecule has 0 radical (unpaired) electrons. The Morgan fingerprint density at radius 3 is 2.00 bits per heavy atom. The van der Waals surface area contributed by atoms with Crippen molar-refractivity contribution in [3.05, 3.63) is 0 Å². The van der Waals surface area contributed by atoms with E-state index in [1.54, 1.807) is 0 Å². The van der Waals surface area contributed by atoms with Crippen LogP contribution in [-0.4, -0.2) is 54.5 Å². The minimum atomic E-state index is 0.0358. The second-order valence-electron chi connectivity index (χ2n) is 7.45. The summed E-state index contributed by atoms with van der Waals surface area (Å²) in [5.74, 6) is 1.77. The number of nitrogens with zero attached hydrogens (tertiary/aromatic N) is 2. The highest BCUT2D eigenvalue weighted by atomic mass is 16.2. The Kier molecular flexibility index (Phi) is 6.72. The minimum Gasteiger partial charge on any atom is -0.339 e. The Bertz CT molecular complexity index is 395. The van der Waals surface area contributed by atoms with Gasteiger partial charge >= 0.3 is 6.03 Å². The molecule has 0 aromatic rings. The highest BCUT2D eigenvalue weighted by molar-refractivity contribution is 5.79. The zero-order valence-corrected chi connectivity index (χ0v) is 15.0. The van der Waals surface area contributed by atoms with Crippen LogP contribution in [0.2, 0.25) is 0 Å². The lowest BCUT2D eigenvalue weighted by Crippen LogP contribution is -2.54. The minimum absolute atomic E-state index is 0.0358. The molecule has 2 aliphatic rings. The first-order valence-corrected chi connectivity index (χ1v) is 9.32. The summed E-state index contributed by atoms with van der Waals surface area (Å²) < 4.78 is 0. The fourth-order valence-corrected chi connectivity index (χ4v) is 3.68. The Balaban J connectivity index is 1.66. The fourth-order valence-electron chi connectivity index (χ4n) is 3.68. The van der Waals surface area contributed by atoms with Gasteiger partial charge in [0.05, 0.1) is 0 Å². The number of urea groups is 1. The maximum atomic E-state index is 12.3. The summed E-state index contributed by atoms with van der Waals surface area (Å²) in [6.45, 7) is 9.54. The molecule has 0 unspecified atom stereocenters. The smallest absolute Gasteiger partial charge is 0.317 e. The molecule has 1 heterocycles. The number of amides is 3. The molecule has 1 saturated heterocycles. The van der Waals surface area contributed by atoms with Crippen LogP contribution >= 0.6 is 0 Å². The first-order valence-electron chi connectivity index (χ1n) is 9.32. The Morgan fingerprint density at radius 1 is 0.957 bits per heavy atom. The zero-order valence-electron chi connectivity index (χ0n) is 15.0. The SMILES string of the molecule is CCC1CCC(CNC(=O)N2CCN(C(=O)C(C)C)CC2)CC1. The van der Waals surface area contributed by atoms with E-state index in [1.807, 2.05) is 23.6 Å². The van der Waals surface area contributed by atoms with Crippen LogP contribution in [0.5, 0.6) is 0 Å². The topological polar surface area (TPSA) is 52.7 Å². The van der Waals surface area contributed by atoms with Crippen molar-refractivity contribution in [2.24, 2.45) is 17.8 Å². The number of piperazine rings is 1. The van der Waals surface area contributed by atoms with Gasteiger partial charge in [0.25, 0.3) is 0 Å². The van der Waals surface area contributed by atoms with E-state index in [0.717, 1.165) is 12.5 Å². The third-order valence-electron chi connectivity index (χ3n) is 5.46. The molecule has 3 amide bonds. The first kappa shape index (κ1) is 18.1. The zero-order chi connectivity index (χ0) is 16.8. The summed E-state index contributed by atoms with van der Waals surface area (Å²) in [6, 6.07) is 0.0410. The van der Waals surface area contributed by atoms with E-state index in [2.05, 4.69) is 12.2 Å². The monoisotopic (exact) mass is 323 g/mol. The number of rotatable bonds is 4. The van der Waals surface area contributed by atoms with Gasteiger partial charge in [-0.3, -0.25) is 4.79 Å². The highest BCUT2D eigenvalue weighted by Crippen LogP contribution is 2.30. The van der Waals surface area contributed by atoms with Crippen molar-refractivity contribution in [2.45, 2.75) is 52.9 Å². The molecule has 2 rings (SSSR count). The summed E-state index contributed by atoms with van der Waals surface area (Å²) in [5, 5.41) is 3.11. The molecule has 0 bridgehead atoms. The van der Waals surface area contributed by atoms with E-state index < -0.39 is 0 Å². The average molecular weight is 323 g/mol. The van der Waals surface area contributed by atoms with Crippen molar-refractivity contribution in [1.82, 2.24) is 15.1 Å². The predicted molar refractivity (Wildman–Crippen MR) is 92.1 cm³/mol. The van der Waals surface area contributed by atoms with Crippen molar-refractivity contribution >= 4 is 11.9 Å². The summed E-state index contributed by atoms with van der Waals surface area (Å²) in [4.78, 5) is 28.0. The van der Waals surface area contributed by atoms with E-state index in [1.165, 1.54) is 32.1 Å². The van der Waals surface area contributed by atoms with Crippen LogP contribution in [0.1, 0.15) is 52.9 Å². The predicted octanol–water partition coefficient (Wildman–Crippen LogP) is 2.71. The van der Waals surface area contributed by atoms with Gasteiger partial charge < -0.3 is 15.1 Å². The number of hydrogen-bond acceptors (Lipinski definition) is 2. The summed E-state index contributed by atoms with van der Waals surface area (Å²) in [5.41, 5.74) is 0. The summed E-state index contributed by atoms with van der Waals surface area (Å²) >= 11 is 0. The molecule has 0 spiro atoms. The van der Waals surface area contributed by atoms with Crippen LogP contribution in [0.3, 0.4) is 0 Å². The molecular formula is C18H33N3O2. The van der Waals surface area contributed by atoms with Gasteiger partial charge in [-0.15, -0.1) is 0 Å². The van der Waals surface area contributed by atoms with Crippen molar-refractivity contribution < 1.29 is 9.59 Å². The summed E-state index contributed by atoms with van der Waals surface area (Å²) in [7, 11) is 0. The molecule has 1 saturated carbocycles. The average Bonchev–Trinajstić information content (AvgIpc) is 2.59. The lowest BCUT2D eigenvalue weighted by atomic mass is 9.81. The van der Waals surface area contributed by atoms with E-state index >= 15 is 0 Å². The molecule has 23 heavy (non-hydrogen) atoms. The normalized spacial score (nSPS) is 25.6. The third kappa shape index (κ3) is 5.11. The maximum absolute atomic E-state index is 12.3. The Morgan fingerprint density at radius 2 is 1.48 bits per heavy atom. The van der Waals surface area contributed by atoms with Crippen LogP contribution in [0, 0.1) is 17.8 Å². The number of hydrogen-bond donors (Lipinski definition) is 1. The van der Waals surface area contributed by atoms with Crippen LogP contribution in [0.4, 0.5) is 4.79 Å². The van der Waals surface area contributed by atoms with Gasteiger partial charge in [0.1, 0.15) is 0 Å². The molecule has 132 valence electrons. The number of carbonyl (C=O) groups excluding carboxylic acids is 2. The van der Waals surface area contributed by atoms with Gasteiger partial charge in [-0.1, -0.05) is 40.0 Å². The van der Waals surface area contributed by atoms with Crippen molar-refractivity contribution in [3.8, 4) is 0 Å². The fraction of sp³-hybridized carbons (Fsp3) is 0.889. The van der Waals surface area contributed by atoms with Crippen molar-refractivity contribution in [2.75, 3.05) is 32.7 Å². The standard InChI is InChI=1S/C18H33N3O2/c1-4-15-5-7-16(8-6-15)13-19-18(23)21-11-9-20(10-12-21)17(22)14(2)3/h14-16H,4-13H2,1-3H3,(H,19,23). The van der Waals surface area contributed by atoms with Crippen molar-refractivity contribution in [3.63, 3.8) is 0 Å². The van der Waals surface area contributed by atoms with Gasteiger partial charge in [0, 0.05) is 38.6 Å². The lowest BCUT2D eigenvalue weighted by Gasteiger charge is -2.36. The summed E-state index contributed by atoms with van der Waals surface area (Å²) in [6.07, 6.45) is 6.41. The molecule has 1 aliphatic carbocycles. The molecule has 5 nitrogen and oxygen atoms in total. The van der Waals surface area contributed by atoms with Crippen LogP contribution < -0.4 is 5.32 Å². The van der Waals surface area contributed by atoms with Gasteiger partial charge in [-0.05, 0) is 24.7 Å². The number of carbonyl (C=O) groups is 2. The molecule has 0 aromatic carbocycles. The van der Waals surface area contributed by atoms with Gasteiger partial charge in [-0.2, -0.15) is 0 Å². The maximum Gasteiger partial charge on any atom is 0.317 e. The van der Waals surface area contributed by atoms with Crippen LogP contribution in [-0.2, 0) is 4.79 Å². The largest absolute Gasteiger partial charge is 0.339 e. The van der Waals surface area contributed by atoms with Gasteiger partial charge in [-0.25, -0.2) is 4.79 Å². The third-order valence-corrected chi connectivity index (χ3v) is 5.46. The molecule has 2 fully saturated rings. The van der Waals surface area contributed by atoms with Crippen LogP contribution in [0.25, 0.3) is 0 Å². The highest BCUT2D eigenvalue weighted by Gasteiger charge is 2.26. The molecular weight excluding hydrogens is 290 g/mol. The molecule has 0 atom stereocenters. The Hall–Kier alpha value is -1.26. The van der Waals surface area contributed by atoms with Gasteiger partial charge in [0.2, 0.25) is 5.91 Å². The van der Waals surface area contributed by atoms with E-state index in [-0.39, 0.29) is 17.9 Å². The molecule has 1 aliphatic heterocycles. The lowest BCUT2D eigenvalue weighted by molar-refractivity contribution is -0.135. The van der Waals surface area contributed by atoms with E-state index in [4.69, 9.17) is 0 Å². The quantitative estimate of drug-likeness (QED) is 0.865. The molecule has 5 heteroatoms. The van der Waals surface area contributed by atoms with E-state index in [0.29, 0.717) is 32.1 Å².